The highest BCUT2D eigenvalue weighted by Gasteiger charge is 2.27. The van der Waals surface area contributed by atoms with Gasteiger partial charge in [0.1, 0.15) is 0 Å². The molecule has 1 rings (SSSR count). The normalized spacial score (nSPS) is 27.4. The topological polar surface area (TPSA) is 29.3 Å². The summed E-state index contributed by atoms with van der Waals surface area (Å²) in [4.78, 5) is 2.69. The Balaban J connectivity index is 2.60. The summed E-state index contributed by atoms with van der Waals surface area (Å²) in [6, 6.07) is 1.71. The molecule has 96 valence electrons. The lowest BCUT2D eigenvalue weighted by Gasteiger charge is -2.38. The van der Waals surface area contributed by atoms with Crippen molar-refractivity contribution in [3.8, 4) is 0 Å². The molecular formula is C14H30N2. The molecule has 0 aromatic carbocycles. The molecule has 2 heteroatoms. The van der Waals surface area contributed by atoms with Crippen LogP contribution >= 0.6 is 0 Å². The molecule has 0 bridgehead atoms. The Morgan fingerprint density at radius 1 is 1.25 bits per heavy atom. The van der Waals surface area contributed by atoms with E-state index >= 15 is 0 Å². The minimum atomic E-state index is 0.371. The van der Waals surface area contributed by atoms with Gasteiger partial charge in [-0.25, -0.2) is 0 Å². The third kappa shape index (κ3) is 3.74. The standard InChI is InChI=1S/C14H30N2/c1-4-9-13(15)14(5-2)16-11-8-6-7-10-12(16)3/h12-14H,4-11,15H2,1-3H3. The average Bonchev–Trinajstić information content (AvgIpc) is 2.46. The van der Waals surface area contributed by atoms with Gasteiger partial charge in [-0.05, 0) is 39.2 Å². The molecular weight excluding hydrogens is 196 g/mol. The fraction of sp³-hybridized carbons (Fsp3) is 1.00. The second kappa shape index (κ2) is 7.29. The maximum absolute atomic E-state index is 6.34. The SMILES string of the molecule is CCCC(N)C(CC)N1CCCCCC1C. The van der Waals surface area contributed by atoms with E-state index in [-0.39, 0.29) is 0 Å². The largest absolute Gasteiger partial charge is 0.326 e. The van der Waals surface area contributed by atoms with Crippen LogP contribution in [0.2, 0.25) is 0 Å². The van der Waals surface area contributed by atoms with Gasteiger partial charge in [-0.1, -0.05) is 33.1 Å². The highest BCUT2D eigenvalue weighted by molar-refractivity contribution is 4.85. The molecule has 0 amide bonds. The number of likely N-dealkylation sites (tertiary alicyclic amines) is 1. The highest BCUT2D eigenvalue weighted by atomic mass is 15.2. The van der Waals surface area contributed by atoms with Crippen LogP contribution in [-0.4, -0.2) is 29.6 Å². The van der Waals surface area contributed by atoms with Crippen molar-refractivity contribution in [2.24, 2.45) is 5.73 Å². The van der Waals surface area contributed by atoms with Gasteiger partial charge < -0.3 is 5.73 Å². The van der Waals surface area contributed by atoms with Gasteiger partial charge in [0.05, 0.1) is 0 Å². The van der Waals surface area contributed by atoms with Gasteiger partial charge in [-0.2, -0.15) is 0 Å². The molecule has 0 radical (unpaired) electrons. The predicted molar refractivity (Wildman–Crippen MR) is 71.6 cm³/mol. The van der Waals surface area contributed by atoms with Crippen LogP contribution in [0.1, 0.15) is 65.7 Å². The second-order valence-electron chi connectivity index (χ2n) is 5.36. The third-order valence-electron chi connectivity index (χ3n) is 4.06. The summed E-state index contributed by atoms with van der Waals surface area (Å²) < 4.78 is 0. The van der Waals surface area contributed by atoms with E-state index in [1.807, 2.05) is 0 Å². The van der Waals surface area contributed by atoms with Crippen LogP contribution < -0.4 is 5.73 Å². The lowest BCUT2D eigenvalue weighted by molar-refractivity contribution is 0.119. The van der Waals surface area contributed by atoms with Crippen molar-refractivity contribution in [3.05, 3.63) is 0 Å². The summed E-state index contributed by atoms with van der Waals surface area (Å²) in [6.45, 7) is 8.17. The fourth-order valence-corrected chi connectivity index (χ4v) is 3.10. The fourth-order valence-electron chi connectivity index (χ4n) is 3.10. The Bertz CT molecular complexity index is 182. The maximum atomic E-state index is 6.34. The van der Waals surface area contributed by atoms with Crippen molar-refractivity contribution in [3.63, 3.8) is 0 Å². The quantitative estimate of drug-likeness (QED) is 0.780. The lowest BCUT2D eigenvalue weighted by atomic mass is 9.98. The minimum Gasteiger partial charge on any atom is -0.326 e. The van der Waals surface area contributed by atoms with E-state index < -0.39 is 0 Å². The monoisotopic (exact) mass is 226 g/mol. The van der Waals surface area contributed by atoms with Crippen molar-refractivity contribution in [2.75, 3.05) is 6.54 Å². The Morgan fingerprint density at radius 2 is 2.00 bits per heavy atom. The average molecular weight is 226 g/mol. The van der Waals surface area contributed by atoms with Crippen LogP contribution in [-0.2, 0) is 0 Å². The zero-order chi connectivity index (χ0) is 12.0. The van der Waals surface area contributed by atoms with Crippen LogP contribution in [0.15, 0.2) is 0 Å². The molecule has 1 aliphatic rings. The molecule has 2 N–H and O–H groups in total. The van der Waals surface area contributed by atoms with Crippen molar-refractivity contribution < 1.29 is 0 Å². The van der Waals surface area contributed by atoms with Crippen LogP contribution in [0.3, 0.4) is 0 Å². The first-order chi connectivity index (χ1) is 7.70. The summed E-state index contributed by atoms with van der Waals surface area (Å²) in [5, 5.41) is 0. The molecule has 1 aliphatic heterocycles. The van der Waals surface area contributed by atoms with E-state index in [0.717, 1.165) is 6.04 Å². The van der Waals surface area contributed by atoms with Crippen molar-refractivity contribution in [1.82, 2.24) is 4.90 Å². The highest BCUT2D eigenvalue weighted by Crippen LogP contribution is 2.22. The molecule has 0 aromatic rings. The summed E-state index contributed by atoms with van der Waals surface area (Å²) in [7, 11) is 0. The van der Waals surface area contributed by atoms with E-state index in [0.29, 0.717) is 12.1 Å². The number of nitrogens with zero attached hydrogens (tertiary/aromatic N) is 1. The Kier molecular flexibility index (Phi) is 6.37. The smallest absolute Gasteiger partial charge is 0.0247 e. The minimum absolute atomic E-state index is 0.371. The molecule has 2 nitrogen and oxygen atoms in total. The molecule has 0 aliphatic carbocycles. The number of rotatable bonds is 5. The first-order valence-corrected chi connectivity index (χ1v) is 7.22. The van der Waals surface area contributed by atoms with Crippen molar-refractivity contribution >= 4 is 0 Å². The van der Waals surface area contributed by atoms with Crippen molar-refractivity contribution in [1.29, 1.82) is 0 Å². The van der Waals surface area contributed by atoms with E-state index in [9.17, 15) is 0 Å². The Labute approximate surface area is 102 Å². The first-order valence-electron chi connectivity index (χ1n) is 7.22. The van der Waals surface area contributed by atoms with E-state index in [4.69, 9.17) is 5.73 Å². The van der Waals surface area contributed by atoms with Gasteiger partial charge in [-0.15, -0.1) is 0 Å². The summed E-state index contributed by atoms with van der Waals surface area (Å²) >= 11 is 0. The maximum Gasteiger partial charge on any atom is 0.0247 e. The molecule has 1 heterocycles. The summed E-state index contributed by atoms with van der Waals surface area (Å²) in [5.41, 5.74) is 6.34. The van der Waals surface area contributed by atoms with Gasteiger partial charge in [0.25, 0.3) is 0 Å². The van der Waals surface area contributed by atoms with Crippen LogP contribution in [0, 0.1) is 0 Å². The number of hydrogen-bond donors (Lipinski definition) is 1. The predicted octanol–water partition coefficient (Wildman–Crippen LogP) is 3.16. The molecule has 16 heavy (non-hydrogen) atoms. The van der Waals surface area contributed by atoms with Gasteiger partial charge in [0.15, 0.2) is 0 Å². The van der Waals surface area contributed by atoms with Gasteiger partial charge in [0.2, 0.25) is 0 Å². The molecule has 0 saturated carbocycles. The number of nitrogens with two attached hydrogens (primary N) is 1. The first kappa shape index (κ1) is 14.0. The number of hydrogen-bond acceptors (Lipinski definition) is 2. The lowest BCUT2D eigenvalue weighted by Crippen LogP contribution is -2.50. The second-order valence-corrected chi connectivity index (χ2v) is 5.36. The molecule has 3 unspecified atom stereocenters. The Hall–Kier alpha value is -0.0800. The van der Waals surface area contributed by atoms with Crippen molar-refractivity contribution in [2.45, 2.75) is 83.8 Å². The molecule has 1 saturated heterocycles. The molecule has 0 spiro atoms. The van der Waals surface area contributed by atoms with E-state index in [1.165, 1.54) is 51.5 Å². The van der Waals surface area contributed by atoms with Crippen LogP contribution in [0.25, 0.3) is 0 Å². The summed E-state index contributed by atoms with van der Waals surface area (Å²) in [6.07, 6.45) is 9.10. The van der Waals surface area contributed by atoms with Crippen LogP contribution in [0.5, 0.6) is 0 Å². The third-order valence-corrected chi connectivity index (χ3v) is 4.06. The molecule has 0 aromatic heterocycles. The van der Waals surface area contributed by atoms with Gasteiger partial charge >= 0.3 is 0 Å². The Morgan fingerprint density at radius 3 is 2.62 bits per heavy atom. The van der Waals surface area contributed by atoms with E-state index in [1.54, 1.807) is 0 Å². The van der Waals surface area contributed by atoms with E-state index in [2.05, 4.69) is 25.7 Å². The molecule has 1 fully saturated rings. The zero-order valence-corrected chi connectivity index (χ0v) is 11.4. The van der Waals surface area contributed by atoms with Gasteiger partial charge in [0, 0.05) is 18.1 Å². The zero-order valence-electron chi connectivity index (χ0n) is 11.4. The summed E-state index contributed by atoms with van der Waals surface area (Å²) in [5.74, 6) is 0. The molecule has 3 atom stereocenters. The van der Waals surface area contributed by atoms with Gasteiger partial charge in [-0.3, -0.25) is 4.90 Å². The van der Waals surface area contributed by atoms with Crippen LogP contribution in [0.4, 0.5) is 0 Å².